The van der Waals surface area contributed by atoms with E-state index in [0.29, 0.717) is 36.7 Å². The molecule has 0 aromatic heterocycles. The molecule has 0 bridgehead atoms. The highest BCUT2D eigenvalue weighted by Gasteiger charge is 2.35. The highest BCUT2D eigenvalue weighted by atomic mass is 19.3. The number of benzene rings is 1. The van der Waals surface area contributed by atoms with Gasteiger partial charge in [0.1, 0.15) is 11.6 Å². The molecule has 3 rings (SSSR count). The molecule has 122 valence electrons. The van der Waals surface area contributed by atoms with Crippen LogP contribution in [-0.4, -0.2) is 12.5 Å². The second-order valence-corrected chi connectivity index (χ2v) is 6.57. The largest absolute Gasteiger partial charge is 0.493 e. The van der Waals surface area contributed by atoms with Gasteiger partial charge in [-0.25, -0.2) is 13.2 Å². The highest BCUT2D eigenvalue weighted by Crippen LogP contribution is 2.45. The SMILES string of the molecule is NCc1cc(C2CC2)c(OCC2CCC(F)(F)CC2)cc1F. The minimum absolute atomic E-state index is 0.0724. The third-order valence-corrected chi connectivity index (χ3v) is 4.73. The summed E-state index contributed by atoms with van der Waals surface area (Å²) >= 11 is 0. The quantitative estimate of drug-likeness (QED) is 0.876. The first kappa shape index (κ1) is 15.7. The van der Waals surface area contributed by atoms with Crippen LogP contribution < -0.4 is 10.5 Å². The van der Waals surface area contributed by atoms with E-state index in [-0.39, 0.29) is 31.1 Å². The smallest absolute Gasteiger partial charge is 0.248 e. The number of halogens is 3. The Morgan fingerprint density at radius 1 is 1.14 bits per heavy atom. The van der Waals surface area contributed by atoms with Crippen molar-refractivity contribution < 1.29 is 17.9 Å². The van der Waals surface area contributed by atoms with Crippen LogP contribution in [0.15, 0.2) is 12.1 Å². The van der Waals surface area contributed by atoms with Gasteiger partial charge in [0.05, 0.1) is 6.61 Å². The zero-order valence-corrected chi connectivity index (χ0v) is 12.6. The van der Waals surface area contributed by atoms with Gasteiger partial charge in [0.2, 0.25) is 5.92 Å². The fourth-order valence-electron chi connectivity index (χ4n) is 3.09. The first-order valence-electron chi connectivity index (χ1n) is 8.01. The third kappa shape index (κ3) is 3.57. The first-order valence-corrected chi connectivity index (χ1v) is 8.01. The number of ether oxygens (including phenoxy) is 1. The fraction of sp³-hybridized carbons (Fsp3) is 0.647. The summed E-state index contributed by atoms with van der Waals surface area (Å²) in [7, 11) is 0. The second-order valence-electron chi connectivity index (χ2n) is 6.57. The van der Waals surface area contributed by atoms with E-state index in [1.54, 1.807) is 6.07 Å². The molecule has 2 aliphatic rings. The zero-order chi connectivity index (χ0) is 15.7. The minimum atomic E-state index is -2.52. The summed E-state index contributed by atoms with van der Waals surface area (Å²) in [5, 5.41) is 0. The van der Waals surface area contributed by atoms with Gasteiger partial charge in [-0.3, -0.25) is 0 Å². The summed E-state index contributed by atoms with van der Waals surface area (Å²) < 4.78 is 46.0. The van der Waals surface area contributed by atoms with Gasteiger partial charge in [-0.1, -0.05) is 0 Å². The number of rotatable bonds is 5. The highest BCUT2D eigenvalue weighted by molar-refractivity contribution is 5.42. The summed E-state index contributed by atoms with van der Waals surface area (Å²) in [6, 6.07) is 3.21. The van der Waals surface area contributed by atoms with E-state index in [1.165, 1.54) is 6.07 Å². The van der Waals surface area contributed by atoms with Gasteiger partial charge >= 0.3 is 0 Å². The van der Waals surface area contributed by atoms with Gasteiger partial charge in [-0.05, 0) is 49.1 Å². The van der Waals surface area contributed by atoms with Gasteiger partial charge in [-0.2, -0.15) is 0 Å². The van der Waals surface area contributed by atoms with Crippen molar-refractivity contribution in [1.82, 2.24) is 0 Å². The average molecular weight is 313 g/mol. The van der Waals surface area contributed by atoms with E-state index >= 15 is 0 Å². The Bertz CT molecular complexity index is 533. The molecule has 0 spiro atoms. The molecule has 0 atom stereocenters. The van der Waals surface area contributed by atoms with E-state index in [1.807, 2.05) is 0 Å². The summed E-state index contributed by atoms with van der Waals surface area (Å²) in [6.45, 7) is 0.556. The van der Waals surface area contributed by atoms with Gasteiger partial charge in [0, 0.05) is 31.0 Å². The van der Waals surface area contributed by atoms with E-state index in [0.717, 1.165) is 18.4 Å². The third-order valence-electron chi connectivity index (χ3n) is 4.73. The van der Waals surface area contributed by atoms with Crippen LogP contribution in [0.2, 0.25) is 0 Å². The van der Waals surface area contributed by atoms with Crippen LogP contribution >= 0.6 is 0 Å². The van der Waals surface area contributed by atoms with Gasteiger partial charge in [-0.15, -0.1) is 0 Å². The molecule has 22 heavy (non-hydrogen) atoms. The average Bonchev–Trinajstić information content (AvgIpc) is 3.31. The minimum Gasteiger partial charge on any atom is -0.493 e. The number of hydrogen-bond donors (Lipinski definition) is 1. The number of hydrogen-bond acceptors (Lipinski definition) is 2. The van der Waals surface area contributed by atoms with Crippen molar-refractivity contribution in [3.8, 4) is 5.75 Å². The van der Waals surface area contributed by atoms with Crippen molar-refractivity contribution in [2.24, 2.45) is 11.7 Å². The molecule has 1 aromatic rings. The monoisotopic (exact) mass is 313 g/mol. The van der Waals surface area contributed by atoms with E-state index in [2.05, 4.69) is 0 Å². The predicted molar refractivity (Wildman–Crippen MR) is 78.7 cm³/mol. The molecular weight excluding hydrogens is 291 g/mol. The second kappa shape index (κ2) is 6.11. The lowest BCUT2D eigenvalue weighted by molar-refractivity contribution is -0.0498. The lowest BCUT2D eigenvalue weighted by Gasteiger charge is -2.28. The Kier molecular flexibility index (Phi) is 4.35. The maximum absolute atomic E-state index is 13.9. The van der Waals surface area contributed by atoms with Crippen molar-refractivity contribution in [3.05, 3.63) is 29.1 Å². The Labute approximate surface area is 128 Å². The lowest BCUT2D eigenvalue weighted by Crippen LogP contribution is -2.27. The van der Waals surface area contributed by atoms with Gasteiger partial charge in [0.15, 0.2) is 0 Å². The lowest BCUT2D eigenvalue weighted by atomic mass is 9.87. The standard InChI is InChI=1S/C17H22F3NO/c18-15-8-16(14(12-1-2-12)7-13(15)9-21)22-10-11-3-5-17(19,20)6-4-11/h7-8,11-12H,1-6,9-10,21H2. The molecule has 0 saturated heterocycles. The molecule has 0 amide bonds. The Hall–Kier alpha value is -1.23. The maximum Gasteiger partial charge on any atom is 0.248 e. The molecule has 0 unspecified atom stereocenters. The van der Waals surface area contributed by atoms with E-state index < -0.39 is 5.92 Å². The van der Waals surface area contributed by atoms with Crippen LogP contribution in [0.3, 0.4) is 0 Å². The molecule has 0 radical (unpaired) electrons. The molecule has 2 N–H and O–H groups in total. The van der Waals surface area contributed by atoms with Crippen LogP contribution in [0.25, 0.3) is 0 Å². The van der Waals surface area contributed by atoms with Gasteiger partial charge in [0.25, 0.3) is 0 Å². The predicted octanol–water partition coefficient (Wildman–Crippen LogP) is 4.37. The molecule has 1 aromatic carbocycles. The molecule has 2 nitrogen and oxygen atoms in total. The van der Waals surface area contributed by atoms with Crippen LogP contribution in [0.4, 0.5) is 13.2 Å². The Balaban J connectivity index is 1.66. The molecule has 2 saturated carbocycles. The molecule has 2 fully saturated rings. The molecule has 2 aliphatic carbocycles. The fourth-order valence-corrected chi connectivity index (χ4v) is 3.09. The van der Waals surface area contributed by atoms with E-state index in [9.17, 15) is 13.2 Å². The summed E-state index contributed by atoms with van der Waals surface area (Å²) in [4.78, 5) is 0. The van der Waals surface area contributed by atoms with Crippen LogP contribution in [0, 0.1) is 11.7 Å². The normalized spacial score (nSPS) is 21.8. The first-order chi connectivity index (χ1) is 10.5. The van der Waals surface area contributed by atoms with E-state index in [4.69, 9.17) is 10.5 Å². The summed E-state index contributed by atoms with van der Waals surface area (Å²) in [5.41, 5.74) is 7.08. The maximum atomic E-state index is 13.9. The van der Waals surface area contributed by atoms with Crippen LogP contribution in [0.1, 0.15) is 55.6 Å². The van der Waals surface area contributed by atoms with Gasteiger partial charge < -0.3 is 10.5 Å². The number of alkyl halides is 2. The van der Waals surface area contributed by atoms with Crippen molar-refractivity contribution in [2.45, 2.75) is 56.9 Å². The summed E-state index contributed by atoms with van der Waals surface area (Å²) in [5.74, 6) is -1.75. The topological polar surface area (TPSA) is 35.2 Å². The van der Waals surface area contributed by atoms with Crippen LogP contribution in [0.5, 0.6) is 5.75 Å². The van der Waals surface area contributed by atoms with Crippen molar-refractivity contribution >= 4 is 0 Å². The van der Waals surface area contributed by atoms with Crippen molar-refractivity contribution in [2.75, 3.05) is 6.61 Å². The van der Waals surface area contributed by atoms with Crippen molar-refractivity contribution in [1.29, 1.82) is 0 Å². The molecule has 0 aliphatic heterocycles. The molecule has 5 heteroatoms. The molecular formula is C17H22F3NO. The molecule has 0 heterocycles. The number of nitrogens with two attached hydrogens (primary N) is 1. The van der Waals surface area contributed by atoms with Crippen molar-refractivity contribution in [3.63, 3.8) is 0 Å². The zero-order valence-electron chi connectivity index (χ0n) is 12.6. The van der Waals surface area contributed by atoms with Crippen LogP contribution in [-0.2, 0) is 6.54 Å². The summed E-state index contributed by atoms with van der Waals surface area (Å²) in [6.07, 6.45) is 2.96. The Morgan fingerprint density at radius 3 is 2.41 bits per heavy atom. The Morgan fingerprint density at radius 2 is 1.82 bits per heavy atom.